The predicted molar refractivity (Wildman–Crippen MR) is 86.6 cm³/mol. The number of hydrogen-bond acceptors (Lipinski definition) is 4. The summed E-state index contributed by atoms with van der Waals surface area (Å²) in [5.41, 5.74) is 2.08. The van der Waals surface area contributed by atoms with E-state index in [1.165, 1.54) is 17.7 Å². The van der Waals surface area contributed by atoms with Gasteiger partial charge < -0.3 is 0 Å². The van der Waals surface area contributed by atoms with E-state index >= 15 is 0 Å². The van der Waals surface area contributed by atoms with Crippen LogP contribution in [0.2, 0.25) is 0 Å². The van der Waals surface area contributed by atoms with Crippen LogP contribution in [-0.4, -0.2) is 20.1 Å². The van der Waals surface area contributed by atoms with E-state index in [0.717, 1.165) is 18.4 Å². The molecule has 0 fully saturated rings. The van der Waals surface area contributed by atoms with Crippen molar-refractivity contribution in [3.8, 4) is 11.4 Å². The van der Waals surface area contributed by atoms with Gasteiger partial charge in [0.15, 0.2) is 5.82 Å². The molecule has 3 rings (SSSR count). The lowest BCUT2D eigenvalue weighted by Gasteiger charge is -1.98. The molecule has 2 aromatic carbocycles. The number of nitro groups is 1. The van der Waals surface area contributed by atoms with Crippen LogP contribution in [0, 0.1) is 16.5 Å². The maximum absolute atomic E-state index is 10.7. The molecule has 0 aliphatic carbocycles. The second-order valence-corrected chi connectivity index (χ2v) is 5.08. The normalized spacial score (nSPS) is 10.6. The van der Waals surface area contributed by atoms with Crippen LogP contribution in [-0.2, 0) is 6.42 Å². The Bertz CT molecular complexity index is 782. The number of aromatic nitrogens is 3. The van der Waals surface area contributed by atoms with Crippen molar-refractivity contribution in [3.63, 3.8) is 0 Å². The zero-order valence-corrected chi connectivity index (χ0v) is 12.3. The predicted octanol–water partition coefficient (Wildman–Crippen LogP) is 3.57. The molecule has 0 atom stereocenters. The number of rotatable bonds is 6. The summed E-state index contributed by atoms with van der Waals surface area (Å²) >= 11 is 0. The van der Waals surface area contributed by atoms with E-state index in [1.807, 2.05) is 24.6 Å². The molecule has 115 valence electrons. The standard InChI is InChI=1S/C17H15N4O2/c22-21(23)15-11-9-14(10-12-15)17-18-16(19-20-17)8-4-7-13-5-2-1-3-6-13/h1-3,5-6,8-12H,4,7H2,(H,18,19,20). The Morgan fingerprint density at radius 3 is 2.52 bits per heavy atom. The second kappa shape index (κ2) is 6.83. The first-order valence-corrected chi connectivity index (χ1v) is 7.27. The molecule has 1 radical (unpaired) electrons. The summed E-state index contributed by atoms with van der Waals surface area (Å²) in [6.07, 6.45) is 3.79. The molecule has 0 bridgehead atoms. The van der Waals surface area contributed by atoms with Crippen molar-refractivity contribution >= 4 is 5.69 Å². The molecule has 1 N–H and O–H groups in total. The van der Waals surface area contributed by atoms with Crippen molar-refractivity contribution < 1.29 is 4.92 Å². The van der Waals surface area contributed by atoms with Crippen molar-refractivity contribution in [2.45, 2.75) is 12.8 Å². The summed E-state index contributed by atoms with van der Waals surface area (Å²) < 4.78 is 0. The first-order chi connectivity index (χ1) is 11.2. The molecule has 6 heteroatoms. The Balaban J connectivity index is 1.60. The third-order valence-electron chi connectivity index (χ3n) is 3.45. The van der Waals surface area contributed by atoms with E-state index in [0.29, 0.717) is 11.6 Å². The fourth-order valence-electron chi connectivity index (χ4n) is 2.25. The van der Waals surface area contributed by atoms with Crippen molar-refractivity contribution in [3.05, 3.63) is 82.5 Å². The molecule has 0 unspecified atom stereocenters. The average molecular weight is 307 g/mol. The minimum atomic E-state index is -0.426. The number of nitro benzene ring substituents is 1. The van der Waals surface area contributed by atoms with Gasteiger partial charge in [-0.3, -0.25) is 15.2 Å². The number of H-pyrrole nitrogens is 1. The van der Waals surface area contributed by atoms with Crippen LogP contribution in [0.5, 0.6) is 0 Å². The van der Waals surface area contributed by atoms with Crippen molar-refractivity contribution in [1.29, 1.82) is 0 Å². The molecule has 23 heavy (non-hydrogen) atoms. The van der Waals surface area contributed by atoms with Gasteiger partial charge in [-0.05, 0) is 30.5 Å². The number of aromatic amines is 1. The van der Waals surface area contributed by atoms with Gasteiger partial charge in [0.1, 0.15) is 5.82 Å². The lowest BCUT2D eigenvalue weighted by Crippen LogP contribution is -1.90. The van der Waals surface area contributed by atoms with Crippen LogP contribution in [0.3, 0.4) is 0 Å². The molecule has 0 amide bonds. The van der Waals surface area contributed by atoms with Gasteiger partial charge in [0.2, 0.25) is 0 Å². The molecule has 1 aromatic heterocycles. The summed E-state index contributed by atoms with van der Waals surface area (Å²) in [6, 6.07) is 16.4. The molecule has 6 nitrogen and oxygen atoms in total. The number of aryl methyl sites for hydroxylation is 1. The van der Waals surface area contributed by atoms with E-state index in [1.54, 1.807) is 12.1 Å². The third kappa shape index (κ3) is 3.79. The van der Waals surface area contributed by atoms with Gasteiger partial charge >= 0.3 is 0 Å². The molecule has 1 heterocycles. The second-order valence-electron chi connectivity index (χ2n) is 5.08. The van der Waals surface area contributed by atoms with Gasteiger partial charge in [0, 0.05) is 24.1 Å². The summed E-state index contributed by atoms with van der Waals surface area (Å²) in [5.74, 6) is 1.24. The highest BCUT2D eigenvalue weighted by atomic mass is 16.6. The number of hydrogen-bond donors (Lipinski definition) is 1. The van der Waals surface area contributed by atoms with Crippen molar-refractivity contribution in [1.82, 2.24) is 15.2 Å². The maximum Gasteiger partial charge on any atom is 0.269 e. The van der Waals surface area contributed by atoms with Gasteiger partial charge in [-0.25, -0.2) is 4.98 Å². The fourth-order valence-corrected chi connectivity index (χ4v) is 2.25. The van der Waals surface area contributed by atoms with Gasteiger partial charge in [-0.1, -0.05) is 30.3 Å². The first kappa shape index (κ1) is 14.9. The lowest BCUT2D eigenvalue weighted by molar-refractivity contribution is -0.384. The zero-order valence-electron chi connectivity index (χ0n) is 12.3. The van der Waals surface area contributed by atoms with E-state index in [4.69, 9.17) is 0 Å². The monoisotopic (exact) mass is 307 g/mol. The fraction of sp³-hybridized carbons (Fsp3) is 0.118. The highest BCUT2D eigenvalue weighted by Crippen LogP contribution is 2.19. The van der Waals surface area contributed by atoms with Crippen molar-refractivity contribution in [2.24, 2.45) is 0 Å². The average Bonchev–Trinajstić information content (AvgIpc) is 3.05. The SMILES string of the molecule is O=[N+]([O-])c1ccc(-c2n[nH]c([CH]CCc3ccccc3)n2)cc1. The number of non-ortho nitro benzene ring substituents is 1. The van der Waals surface area contributed by atoms with Crippen LogP contribution in [0.15, 0.2) is 54.6 Å². The third-order valence-corrected chi connectivity index (χ3v) is 3.45. The Labute approximate surface area is 133 Å². The largest absolute Gasteiger partial charge is 0.269 e. The molecule has 0 saturated heterocycles. The zero-order chi connectivity index (χ0) is 16.1. The Kier molecular flexibility index (Phi) is 4.42. The molecule has 0 aliphatic heterocycles. The Hall–Kier alpha value is -3.02. The van der Waals surface area contributed by atoms with Gasteiger partial charge in [-0.15, -0.1) is 0 Å². The van der Waals surface area contributed by atoms with Crippen LogP contribution in [0.25, 0.3) is 11.4 Å². The molecular formula is C17H15N4O2. The summed E-state index contributed by atoms with van der Waals surface area (Å²) in [6.45, 7) is 0. The van der Waals surface area contributed by atoms with Gasteiger partial charge in [0.25, 0.3) is 5.69 Å². The Morgan fingerprint density at radius 1 is 1.09 bits per heavy atom. The highest BCUT2D eigenvalue weighted by Gasteiger charge is 2.09. The van der Waals surface area contributed by atoms with E-state index < -0.39 is 4.92 Å². The molecular weight excluding hydrogens is 292 g/mol. The molecule has 0 saturated carbocycles. The van der Waals surface area contributed by atoms with E-state index in [9.17, 15) is 10.1 Å². The molecule has 3 aromatic rings. The quantitative estimate of drug-likeness (QED) is 0.557. The Morgan fingerprint density at radius 2 is 1.83 bits per heavy atom. The number of nitrogens with zero attached hydrogens (tertiary/aromatic N) is 3. The lowest BCUT2D eigenvalue weighted by atomic mass is 10.1. The first-order valence-electron chi connectivity index (χ1n) is 7.27. The maximum atomic E-state index is 10.7. The van der Waals surface area contributed by atoms with Crippen LogP contribution in [0.4, 0.5) is 5.69 Å². The summed E-state index contributed by atoms with van der Waals surface area (Å²) in [4.78, 5) is 14.6. The minimum Gasteiger partial charge on any atom is -0.262 e. The molecule has 0 spiro atoms. The minimum absolute atomic E-state index is 0.0546. The topological polar surface area (TPSA) is 84.7 Å². The summed E-state index contributed by atoms with van der Waals surface area (Å²) in [7, 11) is 0. The van der Waals surface area contributed by atoms with E-state index in [-0.39, 0.29) is 5.69 Å². The highest BCUT2D eigenvalue weighted by molar-refractivity contribution is 5.57. The van der Waals surface area contributed by atoms with Gasteiger partial charge in [0.05, 0.1) is 4.92 Å². The van der Waals surface area contributed by atoms with Crippen LogP contribution >= 0.6 is 0 Å². The van der Waals surface area contributed by atoms with Crippen molar-refractivity contribution in [2.75, 3.05) is 0 Å². The van der Waals surface area contributed by atoms with Crippen LogP contribution < -0.4 is 0 Å². The van der Waals surface area contributed by atoms with Gasteiger partial charge in [-0.2, -0.15) is 5.10 Å². The summed E-state index contributed by atoms with van der Waals surface area (Å²) in [5, 5.41) is 17.7. The smallest absolute Gasteiger partial charge is 0.262 e. The molecule has 0 aliphatic rings. The van der Waals surface area contributed by atoms with Crippen LogP contribution in [0.1, 0.15) is 17.8 Å². The number of benzene rings is 2. The number of nitrogens with one attached hydrogen (secondary N) is 1. The van der Waals surface area contributed by atoms with E-state index in [2.05, 4.69) is 27.3 Å².